The van der Waals surface area contributed by atoms with E-state index in [0.29, 0.717) is 6.10 Å². The molecular weight excluding hydrogens is 200 g/mol. The lowest BCUT2D eigenvalue weighted by Crippen LogP contribution is -2.35. The third-order valence-corrected chi connectivity index (χ3v) is 4.39. The molecule has 2 rings (SSSR count). The number of fused-ring (bicyclic) bond motifs is 1. The van der Waals surface area contributed by atoms with Crippen molar-refractivity contribution in [1.82, 2.24) is 0 Å². The summed E-state index contributed by atoms with van der Waals surface area (Å²) in [6.07, 6.45) is 9.96. The van der Waals surface area contributed by atoms with Gasteiger partial charge in [0.25, 0.3) is 0 Å². The van der Waals surface area contributed by atoms with Crippen molar-refractivity contribution in [2.24, 2.45) is 11.8 Å². The van der Waals surface area contributed by atoms with Crippen molar-refractivity contribution in [3.63, 3.8) is 0 Å². The van der Waals surface area contributed by atoms with Gasteiger partial charge in [-0.2, -0.15) is 0 Å². The first kappa shape index (κ1) is 12.4. The number of rotatable bonds is 4. The van der Waals surface area contributed by atoms with E-state index in [0.717, 1.165) is 31.3 Å². The summed E-state index contributed by atoms with van der Waals surface area (Å²) in [5, 5.41) is 9.66. The van der Waals surface area contributed by atoms with Crippen LogP contribution in [0.25, 0.3) is 0 Å². The molecule has 0 aromatic carbocycles. The summed E-state index contributed by atoms with van der Waals surface area (Å²) in [5.74, 6) is 1.62. The van der Waals surface area contributed by atoms with E-state index < -0.39 is 0 Å². The van der Waals surface area contributed by atoms with Gasteiger partial charge in [-0.25, -0.2) is 0 Å². The normalized spacial score (nSPS) is 39.4. The molecule has 4 unspecified atom stereocenters. The fraction of sp³-hybridized carbons (Fsp3) is 1.00. The number of hydrogen-bond acceptors (Lipinski definition) is 2. The smallest absolute Gasteiger partial charge is 0.0578 e. The first-order chi connectivity index (χ1) is 7.79. The molecular formula is C14H26O2. The molecule has 1 N–H and O–H groups in total. The lowest BCUT2D eigenvalue weighted by atomic mass is 9.69. The minimum Gasteiger partial charge on any atom is -0.393 e. The Morgan fingerprint density at radius 2 is 1.81 bits per heavy atom. The van der Waals surface area contributed by atoms with Crippen LogP contribution in [0.5, 0.6) is 0 Å². The van der Waals surface area contributed by atoms with Gasteiger partial charge < -0.3 is 9.84 Å². The molecule has 0 saturated heterocycles. The highest BCUT2D eigenvalue weighted by Crippen LogP contribution is 2.41. The average molecular weight is 226 g/mol. The highest BCUT2D eigenvalue weighted by molar-refractivity contribution is 4.86. The Bertz CT molecular complexity index is 205. The van der Waals surface area contributed by atoms with Gasteiger partial charge >= 0.3 is 0 Å². The summed E-state index contributed by atoms with van der Waals surface area (Å²) in [6, 6.07) is 0. The molecule has 0 amide bonds. The van der Waals surface area contributed by atoms with Crippen LogP contribution in [0.3, 0.4) is 0 Å². The van der Waals surface area contributed by atoms with E-state index in [1.807, 2.05) is 0 Å². The maximum absolute atomic E-state index is 9.66. The molecule has 0 aromatic rings. The maximum atomic E-state index is 9.66. The van der Waals surface area contributed by atoms with Crippen LogP contribution in [-0.2, 0) is 4.74 Å². The van der Waals surface area contributed by atoms with Crippen molar-refractivity contribution < 1.29 is 9.84 Å². The van der Waals surface area contributed by atoms with Gasteiger partial charge in [0, 0.05) is 6.61 Å². The molecule has 2 aliphatic carbocycles. The van der Waals surface area contributed by atoms with Gasteiger partial charge in [0.15, 0.2) is 0 Å². The van der Waals surface area contributed by atoms with Crippen LogP contribution >= 0.6 is 0 Å². The van der Waals surface area contributed by atoms with Gasteiger partial charge in [0.05, 0.1) is 12.2 Å². The molecule has 2 heteroatoms. The molecule has 94 valence electrons. The molecule has 0 aliphatic heterocycles. The minimum absolute atomic E-state index is 0.0150. The largest absolute Gasteiger partial charge is 0.393 e. The Balaban J connectivity index is 1.73. The molecule has 2 fully saturated rings. The zero-order chi connectivity index (χ0) is 11.4. The monoisotopic (exact) mass is 226 g/mol. The second-order valence-electron chi connectivity index (χ2n) is 5.65. The summed E-state index contributed by atoms with van der Waals surface area (Å²) in [4.78, 5) is 0. The molecule has 0 radical (unpaired) electrons. The molecule has 0 aromatic heterocycles. The average Bonchev–Trinajstić information content (AvgIpc) is 2.29. The number of unbranched alkanes of at least 4 members (excludes halogenated alkanes) is 1. The second kappa shape index (κ2) is 6.02. The first-order valence-corrected chi connectivity index (χ1v) is 7.09. The number of ether oxygens (including phenoxy) is 1. The van der Waals surface area contributed by atoms with Gasteiger partial charge in [0.1, 0.15) is 0 Å². The minimum atomic E-state index is -0.0150. The Morgan fingerprint density at radius 1 is 1.06 bits per heavy atom. The predicted octanol–water partition coefficient (Wildman–Crippen LogP) is 3.13. The van der Waals surface area contributed by atoms with Crippen molar-refractivity contribution in [3.05, 3.63) is 0 Å². The summed E-state index contributed by atoms with van der Waals surface area (Å²) >= 11 is 0. The lowest BCUT2D eigenvalue weighted by Gasteiger charge is -2.40. The van der Waals surface area contributed by atoms with Crippen molar-refractivity contribution in [2.75, 3.05) is 6.61 Å². The molecule has 0 heterocycles. The van der Waals surface area contributed by atoms with Crippen LogP contribution < -0.4 is 0 Å². The Morgan fingerprint density at radius 3 is 2.62 bits per heavy atom. The van der Waals surface area contributed by atoms with Crippen molar-refractivity contribution in [2.45, 2.75) is 70.5 Å². The number of hydrogen-bond donors (Lipinski definition) is 1. The molecule has 0 spiro atoms. The van der Waals surface area contributed by atoms with Crippen molar-refractivity contribution in [3.8, 4) is 0 Å². The van der Waals surface area contributed by atoms with E-state index in [1.54, 1.807) is 0 Å². The third-order valence-electron chi connectivity index (χ3n) is 4.39. The summed E-state index contributed by atoms with van der Waals surface area (Å²) in [5.41, 5.74) is 0. The van der Waals surface area contributed by atoms with E-state index in [1.165, 1.54) is 38.5 Å². The number of aliphatic hydroxyl groups excluding tert-OH is 1. The van der Waals surface area contributed by atoms with Gasteiger partial charge in [-0.05, 0) is 56.8 Å². The zero-order valence-corrected chi connectivity index (χ0v) is 10.5. The summed E-state index contributed by atoms with van der Waals surface area (Å²) in [6.45, 7) is 3.16. The topological polar surface area (TPSA) is 29.5 Å². The van der Waals surface area contributed by atoms with Gasteiger partial charge in [-0.1, -0.05) is 13.3 Å². The molecule has 2 saturated carbocycles. The highest BCUT2D eigenvalue weighted by Gasteiger charge is 2.35. The van der Waals surface area contributed by atoms with E-state index >= 15 is 0 Å². The maximum Gasteiger partial charge on any atom is 0.0578 e. The highest BCUT2D eigenvalue weighted by atomic mass is 16.5. The SMILES string of the molecule is CCCCOC1CCC2CC(O)CCC2C1. The Kier molecular flexibility index (Phi) is 4.66. The number of aliphatic hydroxyl groups is 1. The summed E-state index contributed by atoms with van der Waals surface area (Å²) < 4.78 is 5.94. The zero-order valence-electron chi connectivity index (χ0n) is 10.5. The fourth-order valence-electron chi connectivity index (χ4n) is 3.37. The molecule has 0 bridgehead atoms. The fourth-order valence-corrected chi connectivity index (χ4v) is 3.37. The lowest BCUT2D eigenvalue weighted by molar-refractivity contribution is -0.0325. The van der Waals surface area contributed by atoms with Crippen molar-refractivity contribution in [1.29, 1.82) is 0 Å². The van der Waals surface area contributed by atoms with E-state index in [9.17, 15) is 5.11 Å². The Hall–Kier alpha value is -0.0800. The van der Waals surface area contributed by atoms with Crippen molar-refractivity contribution >= 4 is 0 Å². The van der Waals surface area contributed by atoms with Crippen LogP contribution in [0, 0.1) is 11.8 Å². The predicted molar refractivity (Wildman–Crippen MR) is 65.3 cm³/mol. The summed E-state index contributed by atoms with van der Waals surface area (Å²) in [7, 11) is 0. The van der Waals surface area contributed by atoms with E-state index in [2.05, 4.69) is 6.92 Å². The van der Waals surface area contributed by atoms with Crippen LogP contribution in [0.1, 0.15) is 58.3 Å². The molecule has 2 aliphatic rings. The third kappa shape index (κ3) is 3.21. The second-order valence-corrected chi connectivity index (χ2v) is 5.65. The van der Waals surface area contributed by atoms with Crippen LogP contribution in [0.15, 0.2) is 0 Å². The quantitative estimate of drug-likeness (QED) is 0.746. The molecule has 4 atom stereocenters. The van der Waals surface area contributed by atoms with Gasteiger partial charge in [0.2, 0.25) is 0 Å². The van der Waals surface area contributed by atoms with Gasteiger partial charge in [-0.15, -0.1) is 0 Å². The molecule has 16 heavy (non-hydrogen) atoms. The van der Waals surface area contributed by atoms with Crippen LogP contribution in [0.2, 0.25) is 0 Å². The standard InChI is InChI=1S/C14H26O2/c1-2-3-8-16-14-7-5-11-9-13(15)6-4-12(11)10-14/h11-15H,2-10H2,1H3. The van der Waals surface area contributed by atoms with E-state index in [-0.39, 0.29) is 6.10 Å². The van der Waals surface area contributed by atoms with Crippen LogP contribution in [-0.4, -0.2) is 23.9 Å². The van der Waals surface area contributed by atoms with Gasteiger partial charge in [-0.3, -0.25) is 0 Å². The van der Waals surface area contributed by atoms with E-state index in [4.69, 9.17) is 4.74 Å². The molecule has 2 nitrogen and oxygen atoms in total. The Labute approximate surface area is 99.4 Å². The van der Waals surface area contributed by atoms with Crippen LogP contribution in [0.4, 0.5) is 0 Å². The first-order valence-electron chi connectivity index (χ1n) is 7.09.